The quantitative estimate of drug-likeness (QED) is 0.652. The topological polar surface area (TPSA) is 92.0 Å². The molecule has 0 aliphatic carbocycles. The molecule has 0 atom stereocenters. The Bertz CT molecular complexity index is 414. The molecule has 14 heavy (non-hydrogen) atoms. The summed E-state index contributed by atoms with van der Waals surface area (Å²) in [6.45, 7) is 1.80. The molecule has 0 amide bonds. The fraction of sp³-hybridized carbons (Fsp3) is 0.375. The Balaban J connectivity index is 2.97. The fourth-order valence-electron chi connectivity index (χ4n) is 1.16. The number of rotatable bonds is 3. The Morgan fingerprint density at radius 2 is 2.36 bits per heavy atom. The molecule has 1 aromatic heterocycles. The van der Waals surface area contributed by atoms with Crippen LogP contribution < -0.4 is 5.73 Å². The number of aromatic amines is 1. The summed E-state index contributed by atoms with van der Waals surface area (Å²) >= 11 is 4.97. The second-order valence-electron chi connectivity index (χ2n) is 2.92. The van der Waals surface area contributed by atoms with E-state index >= 15 is 0 Å². The molecular formula is C8H11N3O2S. The first-order valence-electron chi connectivity index (χ1n) is 4.07. The van der Waals surface area contributed by atoms with Crippen LogP contribution in [-0.2, 0) is 11.2 Å². The maximum Gasteiger partial charge on any atom is 0.303 e. The minimum Gasteiger partial charge on any atom is -0.481 e. The van der Waals surface area contributed by atoms with Gasteiger partial charge in [0, 0.05) is 17.7 Å². The standard InChI is InChI=1S/C8H11N3O2S/c1-4-5(2-3-6(12)13)7(14)11-8(9)10-4/h2-3H2,1H3,(H,12,13)(H3,9,10,11,14). The van der Waals surface area contributed by atoms with Crippen molar-refractivity contribution in [2.45, 2.75) is 19.8 Å². The number of H-pyrrole nitrogens is 1. The first kappa shape index (κ1) is 10.6. The van der Waals surface area contributed by atoms with Crippen molar-refractivity contribution in [3.63, 3.8) is 0 Å². The van der Waals surface area contributed by atoms with E-state index in [1.807, 2.05) is 0 Å². The molecule has 0 aromatic carbocycles. The zero-order chi connectivity index (χ0) is 10.7. The van der Waals surface area contributed by atoms with Gasteiger partial charge in [-0.1, -0.05) is 12.2 Å². The third kappa shape index (κ3) is 2.53. The second kappa shape index (κ2) is 4.19. The van der Waals surface area contributed by atoms with Crippen molar-refractivity contribution in [3.05, 3.63) is 15.9 Å². The molecular weight excluding hydrogens is 202 g/mol. The summed E-state index contributed by atoms with van der Waals surface area (Å²) in [4.78, 5) is 17.0. The molecule has 4 N–H and O–H groups in total. The molecule has 0 bridgehead atoms. The monoisotopic (exact) mass is 213 g/mol. The molecule has 0 saturated heterocycles. The molecule has 0 aliphatic rings. The van der Waals surface area contributed by atoms with E-state index < -0.39 is 5.97 Å². The van der Waals surface area contributed by atoms with E-state index in [9.17, 15) is 4.79 Å². The normalized spacial score (nSPS) is 10.1. The van der Waals surface area contributed by atoms with Gasteiger partial charge in [0.25, 0.3) is 0 Å². The van der Waals surface area contributed by atoms with Crippen molar-refractivity contribution in [2.75, 3.05) is 5.73 Å². The van der Waals surface area contributed by atoms with Crippen LogP contribution in [0.15, 0.2) is 0 Å². The van der Waals surface area contributed by atoms with Gasteiger partial charge >= 0.3 is 5.97 Å². The number of hydrogen-bond acceptors (Lipinski definition) is 4. The predicted octanol–water partition coefficient (Wildman–Crippen LogP) is 1.05. The number of nitrogens with two attached hydrogens (primary N) is 1. The van der Waals surface area contributed by atoms with Gasteiger partial charge in [-0.05, 0) is 13.3 Å². The summed E-state index contributed by atoms with van der Waals surface area (Å²) in [7, 11) is 0. The van der Waals surface area contributed by atoms with Gasteiger partial charge in [-0.2, -0.15) is 0 Å². The molecule has 0 unspecified atom stereocenters. The zero-order valence-corrected chi connectivity index (χ0v) is 8.52. The average Bonchev–Trinajstić information content (AvgIpc) is 2.01. The van der Waals surface area contributed by atoms with Crippen molar-refractivity contribution in [1.29, 1.82) is 0 Å². The summed E-state index contributed by atoms with van der Waals surface area (Å²) in [6.07, 6.45) is 0.424. The lowest BCUT2D eigenvalue weighted by Gasteiger charge is -2.04. The van der Waals surface area contributed by atoms with Crippen molar-refractivity contribution in [3.8, 4) is 0 Å². The summed E-state index contributed by atoms with van der Waals surface area (Å²) in [6, 6.07) is 0. The Hall–Kier alpha value is -1.43. The van der Waals surface area contributed by atoms with Gasteiger partial charge < -0.3 is 15.8 Å². The van der Waals surface area contributed by atoms with E-state index in [1.165, 1.54) is 0 Å². The van der Waals surface area contributed by atoms with Crippen molar-refractivity contribution in [1.82, 2.24) is 9.97 Å². The van der Waals surface area contributed by atoms with Crippen LogP contribution in [0.4, 0.5) is 5.95 Å². The molecule has 6 heteroatoms. The maximum atomic E-state index is 10.4. The van der Waals surface area contributed by atoms with Crippen LogP contribution in [0.1, 0.15) is 17.7 Å². The second-order valence-corrected chi connectivity index (χ2v) is 3.31. The summed E-state index contributed by atoms with van der Waals surface area (Å²) in [5.41, 5.74) is 6.96. The smallest absolute Gasteiger partial charge is 0.303 e. The zero-order valence-electron chi connectivity index (χ0n) is 7.70. The molecule has 5 nitrogen and oxygen atoms in total. The van der Waals surface area contributed by atoms with Gasteiger partial charge in [0.15, 0.2) is 5.95 Å². The van der Waals surface area contributed by atoms with E-state index in [0.717, 1.165) is 11.3 Å². The minimum absolute atomic E-state index is 0.0456. The van der Waals surface area contributed by atoms with E-state index in [1.54, 1.807) is 6.92 Å². The van der Waals surface area contributed by atoms with E-state index in [0.29, 0.717) is 11.1 Å². The molecule has 1 rings (SSSR count). The number of carboxylic acids is 1. The third-order valence-corrected chi connectivity index (χ3v) is 2.17. The van der Waals surface area contributed by atoms with Gasteiger partial charge in [0.2, 0.25) is 0 Å². The Kier molecular flexibility index (Phi) is 3.19. The Morgan fingerprint density at radius 3 is 2.86 bits per heavy atom. The van der Waals surface area contributed by atoms with Gasteiger partial charge in [-0.15, -0.1) is 0 Å². The highest BCUT2D eigenvalue weighted by molar-refractivity contribution is 7.71. The number of anilines is 1. The number of carboxylic acid groups (broad SMARTS) is 1. The van der Waals surface area contributed by atoms with Crippen molar-refractivity contribution < 1.29 is 9.90 Å². The SMILES string of the molecule is Cc1[nH]c(N)nc(=S)c1CCC(=O)O. The number of nitrogens with zero attached hydrogens (tertiary/aromatic N) is 1. The van der Waals surface area contributed by atoms with Gasteiger partial charge in [-0.3, -0.25) is 4.79 Å². The lowest BCUT2D eigenvalue weighted by molar-refractivity contribution is -0.136. The maximum absolute atomic E-state index is 10.4. The van der Waals surface area contributed by atoms with Gasteiger partial charge in [0.1, 0.15) is 4.64 Å². The van der Waals surface area contributed by atoms with E-state index in [-0.39, 0.29) is 12.4 Å². The molecule has 0 aliphatic heterocycles. The number of aryl methyl sites for hydroxylation is 1. The number of carbonyl (C=O) groups is 1. The number of aromatic nitrogens is 2. The predicted molar refractivity (Wildman–Crippen MR) is 54.5 cm³/mol. The Labute approximate surface area is 86.0 Å². The lowest BCUT2D eigenvalue weighted by Crippen LogP contribution is -2.05. The summed E-state index contributed by atoms with van der Waals surface area (Å²) < 4.78 is 0.375. The number of nitrogen functional groups attached to an aromatic ring is 1. The highest BCUT2D eigenvalue weighted by Crippen LogP contribution is 2.10. The van der Waals surface area contributed by atoms with Crippen LogP contribution in [0, 0.1) is 11.6 Å². The third-order valence-electron chi connectivity index (χ3n) is 1.84. The van der Waals surface area contributed by atoms with E-state index in [4.69, 9.17) is 23.1 Å². The minimum atomic E-state index is -0.851. The molecule has 0 saturated carbocycles. The molecule has 0 radical (unpaired) electrons. The molecule has 1 heterocycles. The molecule has 0 spiro atoms. The summed E-state index contributed by atoms with van der Waals surface area (Å²) in [5.74, 6) is -0.595. The van der Waals surface area contributed by atoms with Crippen molar-refractivity contribution >= 4 is 24.1 Å². The average molecular weight is 213 g/mol. The summed E-state index contributed by atoms with van der Waals surface area (Å²) in [5, 5.41) is 8.52. The van der Waals surface area contributed by atoms with Crippen LogP contribution in [0.3, 0.4) is 0 Å². The van der Waals surface area contributed by atoms with Crippen LogP contribution in [0.2, 0.25) is 0 Å². The lowest BCUT2D eigenvalue weighted by atomic mass is 10.1. The molecule has 0 fully saturated rings. The highest BCUT2D eigenvalue weighted by atomic mass is 32.1. The number of hydrogen-bond donors (Lipinski definition) is 3. The van der Waals surface area contributed by atoms with Crippen molar-refractivity contribution in [2.24, 2.45) is 0 Å². The van der Waals surface area contributed by atoms with Gasteiger partial charge in [-0.25, -0.2) is 4.98 Å². The largest absolute Gasteiger partial charge is 0.481 e. The van der Waals surface area contributed by atoms with Crippen LogP contribution in [0.5, 0.6) is 0 Å². The number of nitrogens with one attached hydrogen (secondary N) is 1. The van der Waals surface area contributed by atoms with Crippen LogP contribution >= 0.6 is 12.2 Å². The van der Waals surface area contributed by atoms with E-state index in [2.05, 4.69) is 9.97 Å². The number of aliphatic carboxylic acids is 1. The molecule has 76 valence electrons. The Morgan fingerprint density at radius 1 is 1.71 bits per heavy atom. The molecule has 1 aromatic rings. The first-order chi connectivity index (χ1) is 6.50. The van der Waals surface area contributed by atoms with Crippen LogP contribution in [-0.4, -0.2) is 21.0 Å². The van der Waals surface area contributed by atoms with Gasteiger partial charge in [0.05, 0.1) is 0 Å². The fourth-order valence-corrected chi connectivity index (χ4v) is 1.51. The van der Waals surface area contributed by atoms with Crippen LogP contribution in [0.25, 0.3) is 0 Å². The highest BCUT2D eigenvalue weighted by Gasteiger charge is 2.06. The first-order valence-corrected chi connectivity index (χ1v) is 4.48.